The highest BCUT2D eigenvalue weighted by atomic mass is 32.1. The molecule has 0 radical (unpaired) electrons. The van der Waals surface area contributed by atoms with Crippen LogP contribution < -0.4 is 11.2 Å². The summed E-state index contributed by atoms with van der Waals surface area (Å²) in [5.74, 6) is -0.265. The first-order valence-electron chi connectivity index (χ1n) is 6.37. The van der Waals surface area contributed by atoms with Gasteiger partial charge in [0.05, 0.1) is 27.2 Å². The maximum absolute atomic E-state index is 12.0. The van der Waals surface area contributed by atoms with Crippen molar-refractivity contribution in [2.45, 2.75) is 40.2 Å². The molecule has 0 aliphatic carbocycles. The molecule has 0 fully saturated rings. The highest BCUT2D eigenvalue weighted by Gasteiger charge is 2.21. The van der Waals surface area contributed by atoms with Crippen molar-refractivity contribution in [2.24, 2.45) is 0 Å². The second kappa shape index (κ2) is 5.24. The van der Waals surface area contributed by atoms with Crippen LogP contribution in [0.3, 0.4) is 0 Å². The lowest BCUT2D eigenvalue weighted by molar-refractivity contribution is 0.383. The largest absolute Gasteiger partial charge is 0.494 e. The van der Waals surface area contributed by atoms with Crippen LogP contribution in [0.1, 0.15) is 41.0 Å². The van der Waals surface area contributed by atoms with E-state index in [0.717, 1.165) is 15.6 Å². The molecule has 0 spiro atoms. The standard InChI is InChI=1S/C13H17N3O3S/c1-5-9-11(17)15-13(19)16(12(9)18)7(3)10-6(2)14-8(4)20-10/h7,18H,5H2,1-4H3,(H,15,17,19). The molecule has 0 aromatic carbocycles. The molecule has 0 saturated carbocycles. The molecule has 0 aliphatic rings. The minimum Gasteiger partial charge on any atom is -0.494 e. The third-order valence-electron chi connectivity index (χ3n) is 3.27. The monoisotopic (exact) mass is 295 g/mol. The molecule has 0 aliphatic heterocycles. The van der Waals surface area contributed by atoms with Gasteiger partial charge in [-0.15, -0.1) is 11.3 Å². The van der Waals surface area contributed by atoms with Gasteiger partial charge in [-0.3, -0.25) is 14.3 Å². The van der Waals surface area contributed by atoms with Gasteiger partial charge in [0.15, 0.2) is 0 Å². The minimum atomic E-state index is -0.609. The summed E-state index contributed by atoms with van der Waals surface area (Å²) in [5.41, 5.74) is -0.0933. The van der Waals surface area contributed by atoms with Crippen LogP contribution in [0.25, 0.3) is 0 Å². The number of nitrogens with zero attached hydrogens (tertiary/aromatic N) is 2. The summed E-state index contributed by atoms with van der Waals surface area (Å²) in [6, 6.07) is -0.379. The number of thiazole rings is 1. The van der Waals surface area contributed by atoms with E-state index in [1.54, 1.807) is 13.8 Å². The fourth-order valence-corrected chi connectivity index (χ4v) is 3.28. The number of aromatic amines is 1. The Labute approximate surface area is 119 Å². The van der Waals surface area contributed by atoms with E-state index < -0.39 is 11.2 Å². The summed E-state index contributed by atoms with van der Waals surface area (Å²) in [6.45, 7) is 7.31. The van der Waals surface area contributed by atoms with E-state index in [0.29, 0.717) is 6.42 Å². The molecule has 2 rings (SSSR count). The minimum absolute atomic E-state index is 0.218. The molecule has 0 amide bonds. The van der Waals surface area contributed by atoms with Crippen LogP contribution in [0.2, 0.25) is 0 Å². The number of aryl methyl sites for hydroxylation is 2. The number of H-pyrrole nitrogens is 1. The summed E-state index contributed by atoms with van der Waals surface area (Å²) >= 11 is 1.48. The van der Waals surface area contributed by atoms with Crippen LogP contribution in [0.5, 0.6) is 5.88 Å². The Hall–Kier alpha value is -1.89. The summed E-state index contributed by atoms with van der Waals surface area (Å²) < 4.78 is 1.21. The maximum atomic E-state index is 12.0. The summed E-state index contributed by atoms with van der Waals surface area (Å²) in [5, 5.41) is 11.1. The average Bonchev–Trinajstić information content (AvgIpc) is 2.68. The van der Waals surface area contributed by atoms with Gasteiger partial charge in [-0.2, -0.15) is 0 Å². The molecule has 7 heteroatoms. The Morgan fingerprint density at radius 2 is 2.05 bits per heavy atom. The number of aromatic hydroxyl groups is 1. The van der Waals surface area contributed by atoms with Gasteiger partial charge in [0.25, 0.3) is 5.56 Å². The van der Waals surface area contributed by atoms with Gasteiger partial charge in [0.1, 0.15) is 0 Å². The molecule has 6 nitrogen and oxygen atoms in total. The first-order chi connectivity index (χ1) is 9.36. The lowest BCUT2D eigenvalue weighted by atomic mass is 10.2. The molecule has 108 valence electrons. The Morgan fingerprint density at radius 3 is 2.55 bits per heavy atom. The molecule has 0 saturated heterocycles. The molecule has 1 unspecified atom stereocenters. The summed E-state index contributed by atoms with van der Waals surface area (Å²) in [7, 11) is 0. The molecule has 2 aromatic heterocycles. The van der Waals surface area contributed by atoms with E-state index in [1.165, 1.54) is 15.9 Å². The van der Waals surface area contributed by atoms with Crippen molar-refractivity contribution in [1.29, 1.82) is 0 Å². The van der Waals surface area contributed by atoms with Gasteiger partial charge in [-0.05, 0) is 27.2 Å². The molecule has 0 bridgehead atoms. The molecular formula is C13H17N3O3S. The predicted molar refractivity (Wildman–Crippen MR) is 77.8 cm³/mol. The van der Waals surface area contributed by atoms with Crippen molar-refractivity contribution in [3.8, 4) is 5.88 Å². The first kappa shape index (κ1) is 14.5. The van der Waals surface area contributed by atoms with Crippen molar-refractivity contribution in [3.05, 3.63) is 42.0 Å². The van der Waals surface area contributed by atoms with E-state index in [2.05, 4.69) is 9.97 Å². The predicted octanol–water partition coefficient (Wildman–Crippen LogP) is 1.49. The fourth-order valence-electron chi connectivity index (χ4n) is 2.31. The quantitative estimate of drug-likeness (QED) is 0.898. The molecule has 2 heterocycles. The van der Waals surface area contributed by atoms with E-state index in [1.807, 2.05) is 13.8 Å². The van der Waals surface area contributed by atoms with Gasteiger partial charge < -0.3 is 5.11 Å². The van der Waals surface area contributed by atoms with Gasteiger partial charge in [0.2, 0.25) is 5.88 Å². The zero-order valence-electron chi connectivity index (χ0n) is 11.9. The number of rotatable bonds is 3. The van der Waals surface area contributed by atoms with Crippen molar-refractivity contribution >= 4 is 11.3 Å². The van der Waals surface area contributed by atoms with Crippen molar-refractivity contribution < 1.29 is 5.11 Å². The van der Waals surface area contributed by atoms with Crippen molar-refractivity contribution in [1.82, 2.24) is 14.5 Å². The van der Waals surface area contributed by atoms with E-state index in [-0.39, 0.29) is 17.5 Å². The Bertz CT molecular complexity index is 757. The number of hydrogen-bond donors (Lipinski definition) is 2. The molecule has 2 aromatic rings. The maximum Gasteiger partial charge on any atom is 0.331 e. The van der Waals surface area contributed by atoms with Gasteiger partial charge in [-0.1, -0.05) is 6.92 Å². The number of nitrogens with one attached hydrogen (secondary N) is 1. The first-order valence-corrected chi connectivity index (χ1v) is 7.19. The zero-order valence-corrected chi connectivity index (χ0v) is 12.7. The third-order valence-corrected chi connectivity index (χ3v) is 4.51. The topological polar surface area (TPSA) is 88.0 Å². The van der Waals surface area contributed by atoms with Crippen LogP contribution in [-0.4, -0.2) is 19.6 Å². The lowest BCUT2D eigenvalue weighted by Gasteiger charge is -2.17. The van der Waals surface area contributed by atoms with Crippen molar-refractivity contribution in [3.63, 3.8) is 0 Å². The van der Waals surface area contributed by atoms with E-state index >= 15 is 0 Å². The molecule has 1 atom stereocenters. The number of hydrogen-bond acceptors (Lipinski definition) is 5. The fraction of sp³-hybridized carbons (Fsp3) is 0.462. The molecule has 2 N–H and O–H groups in total. The van der Waals surface area contributed by atoms with Crippen LogP contribution in [-0.2, 0) is 6.42 Å². The molecule has 20 heavy (non-hydrogen) atoms. The highest BCUT2D eigenvalue weighted by Crippen LogP contribution is 2.29. The van der Waals surface area contributed by atoms with Gasteiger partial charge in [-0.25, -0.2) is 9.78 Å². The Balaban J connectivity index is 2.67. The van der Waals surface area contributed by atoms with Gasteiger partial charge >= 0.3 is 5.69 Å². The second-order valence-electron chi connectivity index (χ2n) is 4.64. The van der Waals surface area contributed by atoms with Gasteiger partial charge in [0, 0.05) is 0 Å². The third kappa shape index (κ3) is 2.29. The van der Waals surface area contributed by atoms with Crippen LogP contribution >= 0.6 is 11.3 Å². The SMILES string of the molecule is CCc1c(O)n(C(C)c2sc(C)nc2C)c(=O)[nH]c1=O. The van der Waals surface area contributed by atoms with Crippen molar-refractivity contribution in [2.75, 3.05) is 0 Å². The average molecular weight is 295 g/mol. The zero-order chi connectivity index (χ0) is 15.0. The van der Waals surface area contributed by atoms with E-state index in [4.69, 9.17) is 0 Å². The van der Waals surface area contributed by atoms with Crippen LogP contribution in [0.15, 0.2) is 9.59 Å². The van der Waals surface area contributed by atoms with Crippen LogP contribution in [0.4, 0.5) is 0 Å². The molecular weight excluding hydrogens is 278 g/mol. The second-order valence-corrected chi connectivity index (χ2v) is 5.88. The lowest BCUT2D eigenvalue weighted by Crippen LogP contribution is -2.34. The number of aromatic nitrogens is 3. The van der Waals surface area contributed by atoms with Crippen LogP contribution in [0, 0.1) is 13.8 Å². The highest BCUT2D eigenvalue weighted by molar-refractivity contribution is 7.11. The Kier molecular flexibility index (Phi) is 3.80. The summed E-state index contributed by atoms with van der Waals surface area (Å²) in [6.07, 6.45) is 0.356. The normalized spacial score (nSPS) is 12.6. The Morgan fingerprint density at radius 1 is 1.40 bits per heavy atom. The smallest absolute Gasteiger partial charge is 0.331 e. The van der Waals surface area contributed by atoms with E-state index in [9.17, 15) is 14.7 Å². The summed E-state index contributed by atoms with van der Waals surface area (Å²) in [4.78, 5) is 31.1.